The second kappa shape index (κ2) is 4.53. The van der Waals surface area contributed by atoms with Crippen LogP contribution < -0.4 is 4.52 Å². The third-order valence-corrected chi connectivity index (χ3v) is 1.86. The number of rotatable bonds is 4. The van der Waals surface area contributed by atoms with Crippen LogP contribution in [-0.4, -0.2) is 4.89 Å². The summed E-state index contributed by atoms with van der Waals surface area (Å²) in [7, 11) is -4.35. The summed E-state index contributed by atoms with van der Waals surface area (Å²) in [6.45, 7) is 0. The van der Waals surface area contributed by atoms with Crippen molar-refractivity contribution in [3.8, 4) is 5.75 Å². The lowest BCUT2D eigenvalue weighted by molar-refractivity contribution is 0.208. The molecule has 0 fully saturated rings. The van der Waals surface area contributed by atoms with Crippen LogP contribution in [0.4, 0.5) is 0 Å². The molecule has 14 heavy (non-hydrogen) atoms. The van der Waals surface area contributed by atoms with Crippen LogP contribution in [0.15, 0.2) is 35.6 Å². The zero-order valence-electron chi connectivity index (χ0n) is 6.85. The molecule has 0 heterocycles. The Morgan fingerprint density at radius 3 is 2.64 bits per heavy atom. The highest BCUT2D eigenvalue weighted by molar-refractivity contribution is 7.47. The van der Waals surface area contributed by atoms with Gasteiger partial charge in [0, 0.05) is 4.91 Å². The van der Waals surface area contributed by atoms with Gasteiger partial charge in [-0.05, 0) is 17.7 Å². The molecule has 1 atom stereocenters. The molecule has 0 bridgehead atoms. The highest BCUT2D eigenvalue weighted by atomic mass is 31.2. The van der Waals surface area contributed by atoms with E-state index in [0.717, 1.165) is 0 Å². The number of hydrogen-bond donors (Lipinski definition) is 1. The Balaban J connectivity index is 2.68. The van der Waals surface area contributed by atoms with Gasteiger partial charge in [-0.3, -0.25) is 4.89 Å². The van der Waals surface area contributed by atoms with Crippen LogP contribution in [0, 0.1) is 0 Å². The molecule has 1 unspecified atom stereocenters. The van der Waals surface area contributed by atoms with Gasteiger partial charge in [-0.15, -0.1) is 0 Å². The molecule has 0 saturated heterocycles. The average molecular weight is 215 g/mol. The normalized spacial score (nSPS) is 13.5. The third-order valence-electron chi connectivity index (χ3n) is 1.14. The molecule has 0 radical (unpaired) electrons. The van der Waals surface area contributed by atoms with Crippen molar-refractivity contribution in [2.45, 2.75) is 0 Å². The average Bonchev–Trinajstić information content (AvgIpc) is 2.16. The van der Waals surface area contributed by atoms with E-state index in [9.17, 15) is 4.57 Å². The fraction of sp³-hybridized carbons (Fsp3) is 0. The fourth-order valence-electron chi connectivity index (χ4n) is 0.694. The second-order valence-electron chi connectivity index (χ2n) is 2.13. The number of hydrogen-bond acceptors (Lipinski definition) is 4. The first-order chi connectivity index (χ1) is 6.64. The lowest BCUT2D eigenvalue weighted by Crippen LogP contribution is -1.92. The summed E-state index contributed by atoms with van der Waals surface area (Å²) in [5.41, 5.74) is 7.84. The summed E-state index contributed by atoms with van der Waals surface area (Å²) >= 11 is 0. The maximum atomic E-state index is 11.0. The third kappa shape index (κ3) is 3.37. The van der Waals surface area contributed by atoms with E-state index in [1.807, 2.05) is 0 Å². The molecule has 0 amide bonds. The molecule has 1 aromatic rings. The van der Waals surface area contributed by atoms with Gasteiger partial charge in [-0.25, -0.2) is 4.57 Å². The first kappa shape index (κ1) is 10.4. The highest BCUT2D eigenvalue weighted by Crippen LogP contribution is 2.43. The summed E-state index contributed by atoms with van der Waals surface area (Å²) in [5, 5.41) is 2.48. The molecule has 7 nitrogen and oxygen atoms in total. The largest absolute Gasteiger partial charge is 0.591 e. The van der Waals surface area contributed by atoms with Gasteiger partial charge in [0.05, 0.1) is 0 Å². The summed E-state index contributed by atoms with van der Waals surface area (Å²) in [6.07, 6.45) is 0. The fourth-order valence-corrected chi connectivity index (χ4v) is 1.24. The maximum absolute atomic E-state index is 11.0. The van der Waals surface area contributed by atoms with Gasteiger partial charge < -0.3 is 9.15 Å². The van der Waals surface area contributed by atoms with Crippen LogP contribution in [0.3, 0.4) is 0 Å². The molecule has 1 aromatic carbocycles. The monoisotopic (exact) mass is 215 g/mol. The summed E-state index contributed by atoms with van der Waals surface area (Å²) < 4.78 is 19.4. The lowest BCUT2D eigenvalue weighted by Gasteiger charge is -2.08. The van der Waals surface area contributed by atoms with Crippen molar-refractivity contribution in [1.29, 1.82) is 0 Å². The molecule has 0 aromatic heterocycles. The van der Waals surface area contributed by atoms with Crippen LogP contribution in [0.2, 0.25) is 0 Å². The Bertz CT molecular complexity index is 389. The van der Waals surface area contributed by atoms with Crippen molar-refractivity contribution in [3.63, 3.8) is 0 Å². The van der Waals surface area contributed by atoms with Crippen molar-refractivity contribution >= 4 is 7.82 Å². The molecule has 0 spiro atoms. The van der Waals surface area contributed by atoms with E-state index in [1.165, 1.54) is 12.1 Å². The molecular weight excluding hydrogens is 209 g/mol. The SMILES string of the molecule is [N-]=[N+]=NOP(=O)(O)Oc1ccccc1. The Morgan fingerprint density at radius 2 is 2.07 bits per heavy atom. The van der Waals surface area contributed by atoms with Gasteiger partial charge >= 0.3 is 7.82 Å². The van der Waals surface area contributed by atoms with E-state index in [1.54, 1.807) is 18.2 Å². The Morgan fingerprint density at radius 1 is 1.43 bits per heavy atom. The number of phosphoric ester groups is 1. The van der Waals surface area contributed by atoms with Gasteiger partial charge in [-0.2, -0.15) is 0 Å². The van der Waals surface area contributed by atoms with E-state index in [2.05, 4.69) is 19.3 Å². The van der Waals surface area contributed by atoms with Crippen LogP contribution >= 0.6 is 7.82 Å². The maximum Gasteiger partial charge on any atom is 0.591 e. The number of azide groups is 1. The zero-order valence-corrected chi connectivity index (χ0v) is 7.74. The molecule has 74 valence electrons. The first-order valence-corrected chi connectivity index (χ1v) is 4.94. The molecule has 0 aliphatic carbocycles. The standard InChI is InChI=1S/C6H6N3O4P/c7-8-9-13-14(10,11)12-6-4-2-1-3-5-6/h1-5H,(H,10,11). The summed E-state index contributed by atoms with van der Waals surface area (Å²) in [6, 6.07) is 7.86. The minimum atomic E-state index is -4.35. The Labute approximate surface area is 79.1 Å². The Kier molecular flexibility index (Phi) is 3.36. The smallest absolute Gasteiger partial charge is 0.395 e. The van der Waals surface area contributed by atoms with Crippen molar-refractivity contribution < 1.29 is 18.6 Å². The van der Waals surface area contributed by atoms with Crippen molar-refractivity contribution in [1.82, 2.24) is 0 Å². The topological polar surface area (TPSA) is 105 Å². The van der Waals surface area contributed by atoms with Crippen LogP contribution in [0.1, 0.15) is 0 Å². The molecular formula is C6H6N3O4P. The zero-order chi connectivity index (χ0) is 10.4. The molecule has 0 saturated carbocycles. The Hall–Kier alpha value is -1.68. The van der Waals surface area contributed by atoms with Gasteiger partial charge in [0.1, 0.15) is 11.0 Å². The van der Waals surface area contributed by atoms with E-state index < -0.39 is 7.82 Å². The van der Waals surface area contributed by atoms with E-state index in [4.69, 9.17) is 10.4 Å². The van der Waals surface area contributed by atoms with Crippen LogP contribution in [-0.2, 0) is 9.19 Å². The minimum Gasteiger partial charge on any atom is -0.395 e. The summed E-state index contributed by atoms with van der Waals surface area (Å²) in [4.78, 5) is 11.1. The molecule has 0 aliphatic rings. The number of para-hydroxylation sites is 1. The van der Waals surface area contributed by atoms with Gasteiger partial charge in [0.25, 0.3) is 0 Å². The number of benzene rings is 1. The molecule has 1 N–H and O–H groups in total. The predicted molar refractivity (Wildman–Crippen MR) is 47.1 cm³/mol. The van der Waals surface area contributed by atoms with Gasteiger partial charge in [0.15, 0.2) is 0 Å². The number of nitrogens with zero attached hydrogens (tertiary/aromatic N) is 3. The van der Waals surface area contributed by atoms with Crippen LogP contribution in [0.25, 0.3) is 10.4 Å². The molecule has 8 heteroatoms. The second-order valence-corrected chi connectivity index (χ2v) is 3.41. The van der Waals surface area contributed by atoms with Crippen LogP contribution in [0.5, 0.6) is 5.75 Å². The van der Waals surface area contributed by atoms with Crippen molar-refractivity contribution in [3.05, 3.63) is 40.8 Å². The molecule has 0 aliphatic heterocycles. The first-order valence-electron chi connectivity index (χ1n) is 3.45. The number of phosphoric acid groups is 1. The minimum absolute atomic E-state index is 0.145. The quantitative estimate of drug-likeness (QED) is 0.273. The summed E-state index contributed by atoms with van der Waals surface area (Å²) in [5.74, 6) is 0.145. The van der Waals surface area contributed by atoms with E-state index >= 15 is 0 Å². The predicted octanol–water partition coefficient (Wildman–Crippen LogP) is 2.41. The van der Waals surface area contributed by atoms with E-state index in [0.29, 0.717) is 0 Å². The lowest BCUT2D eigenvalue weighted by atomic mass is 10.3. The van der Waals surface area contributed by atoms with E-state index in [-0.39, 0.29) is 5.75 Å². The van der Waals surface area contributed by atoms with Gasteiger partial charge in [-0.1, -0.05) is 18.2 Å². The van der Waals surface area contributed by atoms with Crippen molar-refractivity contribution in [2.75, 3.05) is 0 Å². The van der Waals surface area contributed by atoms with Gasteiger partial charge in [0.2, 0.25) is 0 Å². The van der Waals surface area contributed by atoms with Crippen molar-refractivity contribution in [2.24, 2.45) is 5.28 Å². The molecule has 1 rings (SSSR count). The highest BCUT2D eigenvalue weighted by Gasteiger charge is 2.23.